The molecular weight excluding hydrogens is 424 g/mol. The summed E-state index contributed by atoms with van der Waals surface area (Å²) in [5.41, 5.74) is 3.64. The Morgan fingerprint density at radius 3 is 1.73 bits per heavy atom. The summed E-state index contributed by atoms with van der Waals surface area (Å²) in [7, 11) is 0. The van der Waals surface area contributed by atoms with Crippen LogP contribution in [0.15, 0.2) is 48.5 Å². The molecule has 0 saturated carbocycles. The molecular formula is C29H40N2OS. The van der Waals surface area contributed by atoms with Crippen LogP contribution in [0.25, 0.3) is 21.1 Å². The van der Waals surface area contributed by atoms with Gasteiger partial charge in [-0.1, -0.05) is 107 Å². The Balaban J connectivity index is 1.42. The highest BCUT2D eigenvalue weighted by molar-refractivity contribution is 7.17. The molecule has 0 N–H and O–H groups in total. The van der Waals surface area contributed by atoms with E-state index < -0.39 is 0 Å². The van der Waals surface area contributed by atoms with E-state index in [-0.39, 0.29) is 0 Å². The molecule has 0 radical (unpaired) electrons. The van der Waals surface area contributed by atoms with Gasteiger partial charge < -0.3 is 4.74 Å². The van der Waals surface area contributed by atoms with Crippen LogP contribution in [0.3, 0.4) is 0 Å². The normalized spacial score (nSPS) is 11.1. The predicted molar refractivity (Wildman–Crippen MR) is 142 cm³/mol. The third-order valence-electron chi connectivity index (χ3n) is 6.06. The van der Waals surface area contributed by atoms with Gasteiger partial charge in [0.05, 0.1) is 6.61 Å². The Morgan fingerprint density at radius 2 is 1.12 bits per heavy atom. The maximum absolute atomic E-state index is 5.93. The SMILES string of the molecule is CCCCCCCCCCOc1ccc(-c2nnc(-c3ccc(CCCCC)cc3)s2)cc1. The molecule has 0 saturated heterocycles. The lowest BCUT2D eigenvalue weighted by Gasteiger charge is -2.06. The van der Waals surface area contributed by atoms with E-state index in [1.54, 1.807) is 11.3 Å². The molecule has 0 amide bonds. The summed E-state index contributed by atoms with van der Waals surface area (Å²) in [4.78, 5) is 0. The Morgan fingerprint density at radius 1 is 0.606 bits per heavy atom. The summed E-state index contributed by atoms with van der Waals surface area (Å²) in [5, 5.41) is 10.8. The summed E-state index contributed by atoms with van der Waals surface area (Å²) >= 11 is 1.64. The van der Waals surface area contributed by atoms with Gasteiger partial charge in [-0.15, -0.1) is 10.2 Å². The van der Waals surface area contributed by atoms with Crippen LogP contribution >= 0.6 is 11.3 Å². The number of unbranched alkanes of at least 4 members (excludes halogenated alkanes) is 9. The molecule has 2 aromatic carbocycles. The number of nitrogens with zero attached hydrogens (tertiary/aromatic N) is 2. The topological polar surface area (TPSA) is 35.0 Å². The van der Waals surface area contributed by atoms with E-state index in [2.05, 4.69) is 60.4 Å². The molecule has 33 heavy (non-hydrogen) atoms. The maximum atomic E-state index is 5.93. The Kier molecular flexibility index (Phi) is 11.4. The molecule has 0 atom stereocenters. The summed E-state index contributed by atoms with van der Waals surface area (Å²) in [6, 6.07) is 17.1. The van der Waals surface area contributed by atoms with Crippen LogP contribution in [0.4, 0.5) is 0 Å². The van der Waals surface area contributed by atoms with Crippen molar-refractivity contribution in [3.63, 3.8) is 0 Å². The standard InChI is InChI=1S/C29H40N2OS/c1-3-5-7-8-9-10-11-13-23-32-27-21-19-26(20-22-27)29-31-30-28(33-29)25-17-15-24(16-18-25)14-12-6-4-2/h15-22H,3-14,23H2,1-2H3. The van der Waals surface area contributed by atoms with Crippen LogP contribution in [0.5, 0.6) is 5.75 Å². The average Bonchev–Trinajstić information content (AvgIpc) is 3.34. The lowest BCUT2D eigenvalue weighted by atomic mass is 10.1. The molecule has 0 bridgehead atoms. The number of aromatic nitrogens is 2. The summed E-state index contributed by atoms with van der Waals surface area (Å²) in [6.07, 6.45) is 15.5. The highest BCUT2D eigenvalue weighted by Crippen LogP contribution is 2.31. The second-order valence-corrected chi connectivity index (χ2v) is 9.89. The van der Waals surface area contributed by atoms with Crippen LogP contribution < -0.4 is 4.74 Å². The number of hydrogen-bond acceptors (Lipinski definition) is 4. The average molecular weight is 465 g/mol. The Labute approximate surface area is 204 Å². The number of hydrogen-bond donors (Lipinski definition) is 0. The number of rotatable bonds is 16. The largest absolute Gasteiger partial charge is 0.494 e. The highest BCUT2D eigenvalue weighted by Gasteiger charge is 2.09. The van der Waals surface area contributed by atoms with Crippen LogP contribution in [-0.4, -0.2) is 16.8 Å². The van der Waals surface area contributed by atoms with E-state index in [9.17, 15) is 0 Å². The third kappa shape index (κ3) is 8.92. The molecule has 4 heteroatoms. The quantitative estimate of drug-likeness (QED) is 0.198. The van der Waals surface area contributed by atoms with Crippen LogP contribution in [0, 0.1) is 0 Å². The van der Waals surface area contributed by atoms with Crippen LogP contribution in [0.2, 0.25) is 0 Å². The minimum Gasteiger partial charge on any atom is -0.494 e. The van der Waals surface area contributed by atoms with Crippen molar-refractivity contribution in [2.45, 2.75) is 90.9 Å². The number of aryl methyl sites for hydroxylation is 1. The van der Waals surface area contributed by atoms with E-state index in [1.807, 2.05) is 12.1 Å². The fraction of sp³-hybridized carbons (Fsp3) is 0.517. The van der Waals surface area contributed by atoms with Crippen molar-refractivity contribution < 1.29 is 4.74 Å². The molecule has 0 aliphatic carbocycles. The molecule has 0 aliphatic heterocycles. The minimum absolute atomic E-state index is 0.797. The van der Waals surface area contributed by atoms with Crippen molar-refractivity contribution in [3.8, 4) is 26.9 Å². The summed E-state index contributed by atoms with van der Waals surface area (Å²) in [6.45, 7) is 5.31. The van der Waals surface area contributed by atoms with Gasteiger partial charge in [0.25, 0.3) is 0 Å². The Hall–Kier alpha value is -2.20. The van der Waals surface area contributed by atoms with Gasteiger partial charge in [-0.05, 0) is 49.1 Å². The lowest BCUT2D eigenvalue weighted by molar-refractivity contribution is 0.304. The molecule has 0 aliphatic rings. The van der Waals surface area contributed by atoms with Crippen LogP contribution in [0.1, 0.15) is 90.0 Å². The van der Waals surface area contributed by atoms with Gasteiger partial charge in [0.15, 0.2) is 0 Å². The second kappa shape index (κ2) is 14.8. The van der Waals surface area contributed by atoms with Gasteiger partial charge in [0, 0.05) is 11.1 Å². The summed E-state index contributed by atoms with van der Waals surface area (Å²) < 4.78 is 5.93. The van der Waals surface area contributed by atoms with E-state index in [1.165, 1.54) is 69.8 Å². The van der Waals surface area contributed by atoms with Crippen molar-refractivity contribution in [3.05, 3.63) is 54.1 Å². The zero-order chi connectivity index (χ0) is 23.1. The van der Waals surface area contributed by atoms with Gasteiger partial charge in [-0.3, -0.25) is 0 Å². The van der Waals surface area contributed by atoms with E-state index in [4.69, 9.17) is 4.74 Å². The highest BCUT2D eigenvalue weighted by atomic mass is 32.1. The molecule has 3 aromatic rings. The van der Waals surface area contributed by atoms with Gasteiger partial charge in [-0.25, -0.2) is 0 Å². The molecule has 178 valence electrons. The molecule has 1 aromatic heterocycles. The molecule has 3 rings (SSSR count). The second-order valence-electron chi connectivity index (χ2n) is 8.91. The first kappa shape index (κ1) is 25.4. The maximum Gasteiger partial charge on any atom is 0.148 e. The third-order valence-corrected chi connectivity index (χ3v) is 7.08. The first-order chi connectivity index (χ1) is 16.3. The van der Waals surface area contributed by atoms with Gasteiger partial charge >= 0.3 is 0 Å². The van der Waals surface area contributed by atoms with Crippen molar-refractivity contribution >= 4 is 11.3 Å². The number of benzene rings is 2. The number of ether oxygens (including phenoxy) is 1. The van der Waals surface area contributed by atoms with Gasteiger partial charge in [0.1, 0.15) is 15.8 Å². The van der Waals surface area contributed by atoms with Crippen molar-refractivity contribution in [2.24, 2.45) is 0 Å². The molecule has 3 nitrogen and oxygen atoms in total. The molecule has 0 spiro atoms. The van der Waals surface area contributed by atoms with Gasteiger partial charge in [0.2, 0.25) is 0 Å². The zero-order valence-corrected chi connectivity index (χ0v) is 21.3. The molecule has 1 heterocycles. The van der Waals surface area contributed by atoms with Crippen molar-refractivity contribution in [1.82, 2.24) is 10.2 Å². The molecule has 0 fully saturated rings. The smallest absolute Gasteiger partial charge is 0.148 e. The van der Waals surface area contributed by atoms with Crippen LogP contribution in [-0.2, 0) is 6.42 Å². The zero-order valence-electron chi connectivity index (χ0n) is 20.5. The minimum atomic E-state index is 0.797. The lowest BCUT2D eigenvalue weighted by Crippen LogP contribution is -1.97. The van der Waals surface area contributed by atoms with E-state index in [0.29, 0.717) is 0 Å². The summed E-state index contributed by atoms with van der Waals surface area (Å²) in [5.74, 6) is 0.935. The Bertz CT molecular complexity index is 902. The fourth-order valence-corrected chi connectivity index (χ4v) is 4.82. The van der Waals surface area contributed by atoms with E-state index >= 15 is 0 Å². The van der Waals surface area contributed by atoms with Crippen molar-refractivity contribution in [1.29, 1.82) is 0 Å². The first-order valence-electron chi connectivity index (χ1n) is 13.0. The molecule has 0 unspecified atom stereocenters. The van der Waals surface area contributed by atoms with E-state index in [0.717, 1.165) is 46.3 Å². The van der Waals surface area contributed by atoms with Crippen molar-refractivity contribution in [2.75, 3.05) is 6.61 Å². The first-order valence-corrected chi connectivity index (χ1v) is 13.8. The fourth-order valence-electron chi connectivity index (χ4n) is 3.97. The van der Waals surface area contributed by atoms with Gasteiger partial charge in [-0.2, -0.15) is 0 Å². The predicted octanol–water partition coefficient (Wildman–Crippen LogP) is 9.12. The monoisotopic (exact) mass is 464 g/mol.